The monoisotopic (exact) mass is 423 g/mol. The van der Waals surface area contributed by atoms with Crippen molar-refractivity contribution in [3.63, 3.8) is 0 Å². The van der Waals surface area contributed by atoms with Crippen molar-refractivity contribution in [1.29, 1.82) is 0 Å². The minimum Gasteiger partial charge on any atom is -0.341 e. The Bertz CT molecular complexity index is 965. The van der Waals surface area contributed by atoms with Gasteiger partial charge in [0.25, 0.3) is 5.91 Å². The number of piperidine rings is 1. The van der Waals surface area contributed by atoms with Crippen LogP contribution in [0, 0.1) is 18.8 Å². The molecule has 0 bridgehead atoms. The van der Waals surface area contributed by atoms with Gasteiger partial charge in [-0.3, -0.25) is 14.7 Å². The molecule has 3 heterocycles. The first-order chi connectivity index (χ1) is 14.7. The Kier molecular flexibility index (Phi) is 5.62. The van der Waals surface area contributed by atoms with Gasteiger partial charge < -0.3 is 9.80 Å². The Morgan fingerprint density at radius 1 is 1.10 bits per heavy atom. The van der Waals surface area contributed by atoms with E-state index in [1.54, 1.807) is 0 Å². The molecule has 1 N–H and O–H groups in total. The molecule has 2 fully saturated rings. The second-order valence-electron chi connectivity index (χ2n) is 9.75. The number of H-pyrrole nitrogens is 1. The quantitative estimate of drug-likeness (QED) is 0.819. The van der Waals surface area contributed by atoms with E-state index in [2.05, 4.69) is 29.0 Å². The third-order valence-corrected chi connectivity index (χ3v) is 6.92. The van der Waals surface area contributed by atoms with Crippen molar-refractivity contribution in [1.82, 2.24) is 25.0 Å². The van der Waals surface area contributed by atoms with Gasteiger partial charge >= 0.3 is 0 Å². The fourth-order valence-corrected chi connectivity index (χ4v) is 5.02. The molecule has 0 aliphatic carbocycles. The normalized spacial score (nSPS) is 23.5. The summed E-state index contributed by atoms with van der Waals surface area (Å²) in [5, 5.41) is 7.46. The average Bonchev–Trinajstić information content (AvgIpc) is 3.36. The van der Waals surface area contributed by atoms with Crippen molar-refractivity contribution in [3.8, 4) is 0 Å². The first-order valence-electron chi connectivity index (χ1n) is 11.3. The van der Waals surface area contributed by atoms with Crippen molar-refractivity contribution in [2.24, 2.45) is 11.8 Å². The van der Waals surface area contributed by atoms with Crippen molar-refractivity contribution < 1.29 is 9.59 Å². The minimum atomic E-state index is -0.298. The van der Waals surface area contributed by atoms with Gasteiger partial charge in [0.1, 0.15) is 5.82 Å². The van der Waals surface area contributed by atoms with Crippen LogP contribution in [0.2, 0.25) is 0 Å². The van der Waals surface area contributed by atoms with E-state index < -0.39 is 0 Å². The molecule has 2 aliphatic heterocycles. The van der Waals surface area contributed by atoms with Crippen molar-refractivity contribution >= 4 is 11.8 Å². The molecule has 2 saturated heterocycles. The van der Waals surface area contributed by atoms with Crippen LogP contribution in [0.5, 0.6) is 0 Å². The van der Waals surface area contributed by atoms with E-state index in [4.69, 9.17) is 0 Å². The second kappa shape index (κ2) is 8.09. The van der Waals surface area contributed by atoms with Crippen molar-refractivity contribution in [2.45, 2.75) is 52.4 Å². The van der Waals surface area contributed by atoms with Crippen molar-refractivity contribution in [2.75, 3.05) is 26.2 Å². The molecule has 2 amide bonds. The number of nitrogens with one attached hydrogen (secondary N) is 1. The van der Waals surface area contributed by atoms with Gasteiger partial charge in [0.2, 0.25) is 5.91 Å². The van der Waals surface area contributed by atoms with Crippen LogP contribution in [0.25, 0.3) is 0 Å². The summed E-state index contributed by atoms with van der Waals surface area (Å²) in [6.07, 6.45) is 0.757. The molecule has 1 aromatic carbocycles. The van der Waals surface area contributed by atoms with Gasteiger partial charge in [0.15, 0.2) is 5.82 Å². The molecular weight excluding hydrogens is 390 g/mol. The van der Waals surface area contributed by atoms with E-state index in [-0.39, 0.29) is 29.1 Å². The van der Waals surface area contributed by atoms with Crippen LogP contribution in [0.1, 0.15) is 67.6 Å². The minimum absolute atomic E-state index is 0.0525. The van der Waals surface area contributed by atoms with Gasteiger partial charge in [-0.2, -0.15) is 5.10 Å². The number of likely N-dealkylation sites (tertiary alicyclic amines) is 2. The highest BCUT2D eigenvalue weighted by Crippen LogP contribution is 2.44. The van der Waals surface area contributed by atoms with Gasteiger partial charge in [-0.1, -0.05) is 39.8 Å². The third kappa shape index (κ3) is 3.86. The maximum Gasteiger partial charge on any atom is 0.253 e. The molecule has 2 aromatic rings. The fourth-order valence-electron chi connectivity index (χ4n) is 5.02. The van der Waals surface area contributed by atoms with Crippen LogP contribution in [-0.2, 0) is 10.2 Å². The number of rotatable bonds is 4. The molecule has 2 unspecified atom stereocenters. The molecule has 7 nitrogen and oxygen atoms in total. The summed E-state index contributed by atoms with van der Waals surface area (Å²) in [5.74, 6) is 2.28. The zero-order valence-electron chi connectivity index (χ0n) is 19.2. The van der Waals surface area contributed by atoms with Gasteiger partial charge in [-0.25, -0.2) is 4.98 Å². The lowest BCUT2D eigenvalue weighted by molar-refractivity contribution is -0.133. The van der Waals surface area contributed by atoms with E-state index in [1.165, 1.54) is 5.56 Å². The molecule has 0 radical (unpaired) electrons. The number of aromatic amines is 1. The summed E-state index contributed by atoms with van der Waals surface area (Å²) < 4.78 is 0. The maximum absolute atomic E-state index is 13.2. The lowest BCUT2D eigenvalue weighted by Gasteiger charge is -2.41. The molecule has 0 spiro atoms. The molecule has 31 heavy (non-hydrogen) atoms. The first-order valence-corrected chi connectivity index (χ1v) is 11.3. The van der Waals surface area contributed by atoms with E-state index in [0.717, 1.165) is 23.6 Å². The zero-order chi connectivity index (χ0) is 22.3. The van der Waals surface area contributed by atoms with Gasteiger partial charge in [0.05, 0.1) is 5.41 Å². The van der Waals surface area contributed by atoms with Crippen LogP contribution in [0.4, 0.5) is 0 Å². The van der Waals surface area contributed by atoms with Crippen LogP contribution in [0.3, 0.4) is 0 Å². The van der Waals surface area contributed by atoms with E-state index in [1.807, 2.05) is 54.8 Å². The van der Waals surface area contributed by atoms with E-state index >= 15 is 0 Å². The summed E-state index contributed by atoms with van der Waals surface area (Å²) in [5.41, 5.74) is 1.65. The number of amides is 2. The number of fused-ring (bicyclic) bond motifs is 1. The lowest BCUT2D eigenvalue weighted by Crippen LogP contribution is -2.51. The Hall–Kier alpha value is -2.70. The largest absolute Gasteiger partial charge is 0.341 e. The molecule has 7 heteroatoms. The van der Waals surface area contributed by atoms with Crippen LogP contribution < -0.4 is 0 Å². The topological polar surface area (TPSA) is 82.2 Å². The smallest absolute Gasteiger partial charge is 0.253 e. The average molecular weight is 424 g/mol. The third-order valence-electron chi connectivity index (χ3n) is 6.92. The number of nitrogens with zero attached hydrogens (tertiary/aromatic N) is 4. The number of hydrogen-bond donors (Lipinski definition) is 1. The molecule has 4 rings (SSSR count). The van der Waals surface area contributed by atoms with E-state index in [9.17, 15) is 9.59 Å². The predicted molar refractivity (Wildman–Crippen MR) is 119 cm³/mol. The van der Waals surface area contributed by atoms with Crippen LogP contribution in [-0.4, -0.2) is 63.0 Å². The number of carbonyl (C=O) groups excluding carboxylic acids is 2. The van der Waals surface area contributed by atoms with Crippen LogP contribution in [0.15, 0.2) is 24.3 Å². The highest BCUT2D eigenvalue weighted by molar-refractivity contribution is 5.94. The lowest BCUT2D eigenvalue weighted by atomic mass is 9.71. The highest BCUT2D eigenvalue weighted by Gasteiger charge is 2.54. The summed E-state index contributed by atoms with van der Waals surface area (Å²) in [4.78, 5) is 34.6. The molecular formula is C24H33N5O2. The maximum atomic E-state index is 13.2. The fraction of sp³-hybridized carbons (Fsp3) is 0.583. The van der Waals surface area contributed by atoms with Crippen LogP contribution >= 0.6 is 0 Å². The SMILES string of the molecule is Cc1nc(C23CCN(C(=O)c4ccc(C(C)C)cc4)CC2CN(C(=O)C(C)C)C3)n[nH]1. The molecule has 0 saturated carbocycles. The molecule has 1 aromatic heterocycles. The highest BCUT2D eigenvalue weighted by atomic mass is 16.2. The Morgan fingerprint density at radius 3 is 2.35 bits per heavy atom. The Labute approximate surface area is 184 Å². The predicted octanol–water partition coefficient (Wildman–Crippen LogP) is 3.13. The number of hydrogen-bond acceptors (Lipinski definition) is 4. The van der Waals surface area contributed by atoms with Crippen molar-refractivity contribution in [3.05, 3.63) is 47.0 Å². The number of benzene rings is 1. The first kappa shape index (κ1) is 21.5. The zero-order valence-corrected chi connectivity index (χ0v) is 19.2. The summed E-state index contributed by atoms with van der Waals surface area (Å²) in [6, 6.07) is 7.95. The van der Waals surface area contributed by atoms with Gasteiger partial charge in [0, 0.05) is 43.6 Å². The molecule has 166 valence electrons. The molecule has 2 atom stereocenters. The number of carbonyl (C=O) groups is 2. The number of aryl methyl sites for hydroxylation is 1. The molecule has 2 aliphatic rings. The summed E-state index contributed by atoms with van der Waals surface area (Å²) >= 11 is 0. The van der Waals surface area contributed by atoms with Gasteiger partial charge in [-0.05, 0) is 37.0 Å². The summed E-state index contributed by atoms with van der Waals surface area (Å²) in [6.45, 7) is 12.6. The van der Waals surface area contributed by atoms with Gasteiger partial charge in [-0.15, -0.1) is 0 Å². The Balaban J connectivity index is 1.58. The Morgan fingerprint density at radius 2 is 1.77 bits per heavy atom. The standard InChI is InChI=1S/C24H33N5O2/c1-15(2)18-6-8-19(9-7-18)22(31)28-11-10-24(23-25-17(5)26-27-23)14-29(13-20(24)12-28)21(30)16(3)4/h6-9,15-16,20H,10-14H2,1-5H3,(H,25,26,27). The second-order valence-corrected chi connectivity index (χ2v) is 9.75. The van der Waals surface area contributed by atoms with E-state index in [0.29, 0.717) is 32.1 Å². The summed E-state index contributed by atoms with van der Waals surface area (Å²) in [7, 11) is 0. The number of aromatic nitrogens is 3.